The minimum absolute atomic E-state index is 0.193. The first-order valence-electron chi connectivity index (χ1n) is 10.3. The zero-order valence-corrected chi connectivity index (χ0v) is 17.6. The van der Waals surface area contributed by atoms with Crippen LogP contribution in [0.2, 0.25) is 0 Å². The molecule has 3 heterocycles. The van der Waals surface area contributed by atoms with Crippen molar-refractivity contribution in [3.8, 4) is 0 Å². The van der Waals surface area contributed by atoms with Gasteiger partial charge in [-0.1, -0.05) is 18.2 Å². The van der Waals surface area contributed by atoms with Gasteiger partial charge < -0.3 is 14.0 Å². The topological polar surface area (TPSA) is 70.4 Å². The van der Waals surface area contributed by atoms with Gasteiger partial charge in [-0.3, -0.25) is 9.78 Å². The van der Waals surface area contributed by atoms with Gasteiger partial charge >= 0.3 is 5.97 Å². The van der Waals surface area contributed by atoms with Crippen molar-refractivity contribution in [3.63, 3.8) is 0 Å². The van der Waals surface area contributed by atoms with Gasteiger partial charge in [0.15, 0.2) is 6.61 Å². The summed E-state index contributed by atoms with van der Waals surface area (Å²) in [7, 11) is 0. The van der Waals surface area contributed by atoms with Crippen LogP contribution in [0.3, 0.4) is 0 Å². The number of carbonyl (C=O) groups is 2. The van der Waals surface area contributed by atoms with Gasteiger partial charge in [0.2, 0.25) is 5.78 Å². The third-order valence-electron chi connectivity index (χ3n) is 5.68. The van der Waals surface area contributed by atoms with Gasteiger partial charge in [0, 0.05) is 41.2 Å². The Labute approximate surface area is 175 Å². The van der Waals surface area contributed by atoms with Gasteiger partial charge in [0.05, 0.1) is 17.2 Å². The molecule has 0 unspecified atom stereocenters. The number of pyridine rings is 1. The summed E-state index contributed by atoms with van der Waals surface area (Å²) < 4.78 is 13.2. The SMILES string of the molecule is Cc1cc(C(=O)OCC(=O)c2cc(C)n(C[C@H]3CCCO3)c2C)c2ccccc2n1. The third-order valence-corrected chi connectivity index (χ3v) is 5.68. The van der Waals surface area contributed by atoms with Gasteiger partial charge in [-0.15, -0.1) is 0 Å². The van der Waals surface area contributed by atoms with Crippen molar-refractivity contribution in [1.29, 1.82) is 0 Å². The molecule has 0 saturated carbocycles. The number of aryl methyl sites for hydroxylation is 2. The first-order valence-corrected chi connectivity index (χ1v) is 10.3. The number of para-hydroxylation sites is 1. The molecule has 1 atom stereocenters. The van der Waals surface area contributed by atoms with E-state index in [1.165, 1.54) is 0 Å². The number of nitrogens with zero attached hydrogens (tertiary/aromatic N) is 2. The van der Waals surface area contributed by atoms with E-state index in [1.807, 2.05) is 51.1 Å². The van der Waals surface area contributed by atoms with Gasteiger partial charge in [-0.2, -0.15) is 0 Å². The molecule has 0 aliphatic carbocycles. The Hall–Kier alpha value is -2.99. The van der Waals surface area contributed by atoms with E-state index in [9.17, 15) is 9.59 Å². The molecule has 1 aliphatic heterocycles. The first kappa shape index (κ1) is 20.3. The summed E-state index contributed by atoms with van der Waals surface area (Å²) in [5.74, 6) is -0.719. The molecule has 0 bridgehead atoms. The molecule has 1 aromatic carbocycles. The maximum absolute atomic E-state index is 12.8. The Morgan fingerprint density at radius 1 is 1.17 bits per heavy atom. The molecule has 6 nitrogen and oxygen atoms in total. The highest BCUT2D eigenvalue weighted by molar-refractivity contribution is 6.05. The van der Waals surface area contributed by atoms with Crippen LogP contribution in [-0.2, 0) is 16.0 Å². The van der Waals surface area contributed by atoms with Crippen molar-refractivity contribution < 1.29 is 19.1 Å². The van der Waals surface area contributed by atoms with E-state index in [1.54, 1.807) is 6.07 Å². The molecule has 4 rings (SSSR count). The fraction of sp³-hybridized carbons (Fsp3) is 0.375. The van der Waals surface area contributed by atoms with Gasteiger partial charge in [-0.05, 0) is 51.8 Å². The number of fused-ring (bicyclic) bond motifs is 1. The highest BCUT2D eigenvalue weighted by Gasteiger charge is 2.22. The number of benzene rings is 1. The van der Waals surface area contributed by atoms with Crippen molar-refractivity contribution in [2.45, 2.75) is 46.3 Å². The van der Waals surface area contributed by atoms with Crippen LogP contribution < -0.4 is 0 Å². The Balaban J connectivity index is 1.48. The van der Waals surface area contributed by atoms with Crippen LogP contribution in [0.15, 0.2) is 36.4 Å². The van der Waals surface area contributed by atoms with E-state index in [0.29, 0.717) is 11.1 Å². The molecular weight excluding hydrogens is 380 g/mol. The standard InChI is InChI=1S/C24H26N2O4/c1-15-11-21(19-8-4-5-9-22(19)25-15)24(28)30-14-23(27)20-12-16(2)26(17(20)3)13-18-7-6-10-29-18/h4-5,8-9,11-12,18H,6-7,10,13-14H2,1-3H3/t18-/m1/s1. The van der Waals surface area contributed by atoms with Crippen LogP contribution in [0, 0.1) is 20.8 Å². The molecule has 0 spiro atoms. The van der Waals surface area contributed by atoms with Gasteiger partial charge in [-0.25, -0.2) is 4.79 Å². The van der Waals surface area contributed by atoms with Crippen LogP contribution in [0.5, 0.6) is 0 Å². The lowest BCUT2D eigenvalue weighted by atomic mass is 10.1. The largest absolute Gasteiger partial charge is 0.454 e. The third kappa shape index (κ3) is 4.00. The number of esters is 1. The number of hydrogen-bond acceptors (Lipinski definition) is 5. The Morgan fingerprint density at radius 3 is 2.73 bits per heavy atom. The molecule has 6 heteroatoms. The molecule has 0 N–H and O–H groups in total. The second-order valence-electron chi connectivity index (χ2n) is 7.86. The zero-order chi connectivity index (χ0) is 21.3. The average molecular weight is 406 g/mol. The minimum Gasteiger partial charge on any atom is -0.454 e. The number of hydrogen-bond donors (Lipinski definition) is 0. The maximum Gasteiger partial charge on any atom is 0.339 e. The van der Waals surface area contributed by atoms with Gasteiger partial charge in [0.1, 0.15) is 0 Å². The van der Waals surface area contributed by atoms with Crippen molar-refractivity contribution in [1.82, 2.24) is 9.55 Å². The van der Waals surface area contributed by atoms with Crippen LogP contribution in [0.25, 0.3) is 10.9 Å². The summed E-state index contributed by atoms with van der Waals surface area (Å²) in [5.41, 5.74) is 4.37. The van der Waals surface area contributed by atoms with Gasteiger partial charge in [0.25, 0.3) is 0 Å². The quantitative estimate of drug-likeness (QED) is 0.454. The van der Waals surface area contributed by atoms with Crippen molar-refractivity contribution >= 4 is 22.7 Å². The molecule has 0 amide bonds. The number of ether oxygens (including phenoxy) is 2. The second kappa shape index (κ2) is 8.40. The molecule has 156 valence electrons. The smallest absolute Gasteiger partial charge is 0.339 e. The highest BCUT2D eigenvalue weighted by atomic mass is 16.5. The van der Waals surface area contributed by atoms with Crippen LogP contribution in [0.4, 0.5) is 0 Å². The number of Topliss-reactive ketones (excluding diaryl/α,β-unsaturated/α-hetero) is 1. The summed E-state index contributed by atoms with van der Waals surface area (Å²) >= 11 is 0. The van der Waals surface area contributed by atoms with Crippen molar-refractivity contribution in [3.05, 3.63) is 64.6 Å². The fourth-order valence-corrected chi connectivity index (χ4v) is 4.12. The number of ketones is 1. The lowest BCUT2D eigenvalue weighted by Gasteiger charge is -2.14. The molecule has 2 aromatic heterocycles. The Kier molecular flexibility index (Phi) is 5.68. The second-order valence-corrected chi connectivity index (χ2v) is 7.86. The lowest BCUT2D eigenvalue weighted by molar-refractivity contribution is 0.0476. The minimum atomic E-state index is -0.516. The van der Waals surface area contributed by atoms with E-state index in [4.69, 9.17) is 9.47 Å². The van der Waals surface area contributed by atoms with Crippen LogP contribution >= 0.6 is 0 Å². The van der Waals surface area contributed by atoms with E-state index in [2.05, 4.69) is 9.55 Å². The predicted molar refractivity (Wildman–Crippen MR) is 114 cm³/mol. The monoisotopic (exact) mass is 406 g/mol. The normalized spacial score (nSPS) is 16.2. The van der Waals surface area contributed by atoms with Crippen LogP contribution in [-0.4, -0.2) is 40.6 Å². The van der Waals surface area contributed by atoms with E-state index in [0.717, 1.165) is 54.0 Å². The molecular formula is C24H26N2O4. The Morgan fingerprint density at radius 2 is 1.97 bits per heavy atom. The predicted octanol–water partition coefficient (Wildman–Crippen LogP) is 4.18. The van der Waals surface area contributed by atoms with Crippen molar-refractivity contribution in [2.24, 2.45) is 0 Å². The summed E-state index contributed by atoms with van der Waals surface area (Å²) in [6.45, 7) is 6.99. The average Bonchev–Trinajstić information content (AvgIpc) is 3.35. The van der Waals surface area contributed by atoms with Crippen LogP contribution in [0.1, 0.15) is 50.6 Å². The molecule has 1 fully saturated rings. The molecule has 1 aliphatic rings. The lowest BCUT2D eigenvalue weighted by Crippen LogP contribution is -2.18. The van der Waals surface area contributed by atoms with E-state index in [-0.39, 0.29) is 18.5 Å². The summed E-state index contributed by atoms with van der Waals surface area (Å²) in [5, 5.41) is 0.718. The number of carbonyl (C=O) groups excluding carboxylic acids is 2. The van der Waals surface area contributed by atoms with Crippen molar-refractivity contribution in [2.75, 3.05) is 13.2 Å². The molecule has 0 radical (unpaired) electrons. The summed E-state index contributed by atoms with van der Waals surface area (Å²) in [4.78, 5) is 30.0. The zero-order valence-electron chi connectivity index (χ0n) is 17.6. The first-order chi connectivity index (χ1) is 14.4. The fourth-order valence-electron chi connectivity index (χ4n) is 4.12. The van der Waals surface area contributed by atoms with E-state index >= 15 is 0 Å². The number of rotatable bonds is 6. The van der Waals surface area contributed by atoms with E-state index < -0.39 is 5.97 Å². The molecule has 1 saturated heterocycles. The highest BCUT2D eigenvalue weighted by Crippen LogP contribution is 2.22. The summed E-state index contributed by atoms with van der Waals surface area (Å²) in [6.07, 6.45) is 2.31. The Bertz CT molecular complexity index is 1110. The number of aromatic nitrogens is 2. The summed E-state index contributed by atoms with van der Waals surface area (Å²) in [6, 6.07) is 11.0. The molecule has 30 heavy (non-hydrogen) atoms. The molecule has 3 aromatic rings. The maximum atomic E-state index is 12.8.